The van der Waals surface area contributed by atoms with E-state index in [4.69, 9.17) is 0 Å². The molecular formula is C7H8N2O3. The van der Waals surface area contributed by atoms with Crippen molar-refractivity contribution in [1.82, 2.24) is 10.2 Å². The maximum Gasteiger partial charge on any atom is 0.358 e. The number of nitrogens with zero attached hydrogens (tertiary/aromatic N) is 1. The van der Waals surface area contributed by atoms with Crippen LogP contribution in [-0.4, -0.2) is 23.3 Å². The molecular weight excluding hydrogens is 160 g/mol. The molecule has 0 aliphatic rings. The summed E-state index contributed by atoms with van der Waals surface area (Å²) in [6.07, 6.45) is 0. The van der Waals surface area contributed by atoms with Gasteiger partial charge in [0.1, 0.15) is 0 Å². The van der Waals surface area contributed by atoms with Crippen molar-refractivity contribution in [2.24, 2.45) is 0 Å². The Bertz CT molecular complexity index is 356. The standard InChI is InChI=1S/C7H8N2O3/c1-4-3-5(10)8-9-6(4)7(11)12-2/h3H,1-2H3,(H,8,10). The van der Waals surface area contributed by atoms with Crippen LogP contribution in [-0.2, 0) is 4.74 Å². The zero-order valence-corrected chi connectivity index (χ0v) is 6.75. The van der Waals surface area contributed by atoms with Gasteiger partial charge in [0.2, 0.25) is 0 Å². The number of aryl methyl sites for hydroxylation is 1. The molecule has 1 N–H and O–H groups in total. The first-order valence-electron chi connectivity index (χ1n) is 3.30. The first-order chi connectivity index (χ1) is 5.65. The highest BCUT2D eigenvalue weighted by molar-refractivity contribution is 5.88. The predicted octanol–water partition coefficient (Wildman–Crippen LogP) is -0.135. The Morgan fingerprint density at radius 1 is 1.67 bits per heavy atom. The third kappa shape index (κ3) is 1.50. The largest absolute Gasteiger partial charge is 0.464 e. The average Bonchev–Trinajstić information content (AvgIpc) is 2.03. The molecule has 0 spiro atoms. The molecule has 0 aliphatic carbocycles. The van der Waals surface area contributed by atoms with Crippen molar-refractivity contribution in [2.45, 2.75) is 6.92 Å². The number of aromatic amines is 1. The zero-order valence-electron chi connectivity index (χ0n) is 6.75. The number of hydrogen-bond donors (Lipinski definition) is 1. The third-order valence-corrected chi connectivity index (χ3v) is 1.38. The van der Waals surface area contributed by atoms with Gasteiger partial charge in [-0.25, -0.2) is 9.89 Å². The minimum atomic E-state index is -0.552. The molecule has 0 saturated heterocycles. The van der Waals surface area contributed by atoms with E-state index in [0.29, 0.717) is 5.56 Å². The molecule has 12 heavy (non-hydrogen) atoms. The monoisotopic (exact) mass is 168 g/mol. The molecule has 0 fully saturated rings. The lowest BCUT2D eigenvalue weighted by molar-refractivity contribution is 0.0591. The summed E-state index contributed by atoms with van der Waals surface area (Å²) >= 11 is 0. The molecule has 0 radical (unpaired) electrons. The first kappa shape index (κ1) is 8.45. The minimum Gasteiger partial charge on any atom is -0.464 e. The molecule has 0 saturated carbocycles. The van der Waals surface area contributed by atoms with Crippen LogP contribution < -0.4 is 5.56 Å². The number of rotatable bonds is 1. The van der Waals surface area contributed by atoms with Crippen LogP contribution in [0, 0.1) is 6.92 Å². The van der Waals surface area contributed by atoms with Gasteiger partial charge in [-0.3, -0.25) is 4.79 Å². The molecule has 1 heterocycles. The van der Waals surface area contributed by atoms with Crippen LogP contribution in [0.5, 0.6) is 0 Å². The molecule has 64 valence electrons. The van der Waals surface area contributed by atoms with E-state index in [1.54, 1.807) is 6.92 Å². The average molecular weight is 168 g/mol. The van der Waals surface area contributed by atoms with Gasteiger partial charge in [0.05, 0.1) is 7.11 Å². The Labute approximate surface area is 68.4 Å². The quantitative estimate of drug-likeness (QED) is 0.592. The lowest BCUT2D eigenvalue weighted by atomic mass is 10.2. The molecule has 0 bridgehead atoms. The number of nitrogens with one attached hydrogen (secondary N) is 1. The van der Waals surface area contributed by atoms with Crippen molar-refractivity contribution in [2.75, 3.05) is 7.11 Å². The maximum absolute atomic E-state index is 10.9. The molecule has 5 heteroatoms. The fourth-order valence-corrected chi connectivity index (χ4v) is 0.800. The van der Waals surface area contributed by atoms with Gasteiger partial charge >= 0.3 is 5.97 Å². The number of carbonyl (C=O) groups excluding carboxylic acids is 1. The van der Waals surface area contributed by atoms with Gasteiger partial charge < -0.3 is 4.74 Å². The summed E-state index contributed by atoms with van der Waals surface area (Å²) in [5, 5.41) is 5.69. The summed E-state index contributed by atoms with van der Waals surface area (Å²) in [4.78, 5) is 21.6. The fraction of sp³-hybridized carbons (Fsp3) is 0.286. The highest BCUT2D eigenvalue weighted by Gasteiger charge is 2.10. The molecule has 0 unspecified atom stereocenters. The van der Waals surface area contributed by atoms with Gasteiger partial charge in [0.25, 0.3) is 5.56 Å². The van der Waals surface area contributed by atoms with Crippen molar-refractivity contribution in [1.29, 1.82) is 0 Å². The summed E-state index contributed by atoms with van der Waals surface area (Å²) in [5.74, 6) is -0.552. The summed E-state index contributed by atoms with van der Waals surface area (Å²) in [5.41, 5.74) is 0.308. The van der Waals surface area contributed by atoms with Crippen molar-refractivity contribution in [3.8, 4) is 0 Å². The molecule has 1 rings (SSSR count). The van der Waals surface area contributed by atoms with E-state index in [-0.39, 0.29) is 11.3 Å². The van der Waals surface area contributed by atoms with Crippen molar-refractivity contribution < 1.29 is 9.53 Å². The van der Waals surface area contributed by atoms with Gasteiger partial charge in [-0.2, -0.15) is 5.10 Å². The van der Waals surface area contributed by atoms with Crippen LogP contribution >= 0.6 is 0 Å². The Morgan fingerprint density at radius 2 is 2.33 bits per heavy atom. The fourth-order valence-electron chi connectivity index (χ4n) is 0.800. The van der Waals surface area contributed by atoms with E-state index in [9.17, 15) is 9.59 Å². The summed E-state index contributed by atoms with van der Waals surface area (Å²) in [6.45, 7) is 1.62. The lowest BCUT2D eigenvalue weighted by Crippen LogP contribution is -2.15. The second kappa shape index (κ2) is 3.17. The van der Waals surface area contributed by atoms with Crippen LogP contribution in [0.25, 0.3) is 0 Å². The van der Waals surface area contributed by atoms with E-state index in [1.165, 1.54) is 13.2 Å². The SMILES string of the molecule is COC(=O)c1n[nH]c(=O)cc1C. The van der Waals surface area contributed by atoms with E-state index < -0.39 is 5.97 Å². The molecule has 1 aromatic rings. The first-order valence-corrected chi connectivity index (χ1v) is 3.30. The number of hydrogen-bond acceptors (Lipinski definition) is 4. The van der Waals surface area contributed by atoms with E-state index in [2.05, 4.69) is 14.9 Å². The molecule has 1 aromatic heterocycles. The predicted molar refractivity (Wildman–Crippen MR) is 40.9 cm³/mol. The van der Waals surface area contributed by atoms with Gasteiger partial charge in [-0.15, -0.1) is 0 Å². The number of aromatic nitrogens is 2. The molecule has 0 amide bonds. The zero-order chi connectivity index (χ0) is 9.14. The van der Waals surface area contributed by atoms with E-state index in [0.717, 1.165) is 0 Å². The second-order valence-electron chi connectivity index (χ2n) is 2.26. The van der Waals surface area contributed by atoms with Crippen LogP contribution in [0.1, 0.15) is 16.1 Å². The van der Waals surface area contributed by atoms with E-state index >= 15 is 0 Å². The topological polar surface area (TPSA) is 72.0 Å². The van der Waals surface area contributed by atoms with Crippen LogP contribution in [0.15, 0.2) is 10.9 Å². The minimum absolute atomic E-state index is 0.136. The second-order valence-corrected chi connectivity index (χ2v) is 2.26. The maximum atomic E-state index is 10.9. The smallest absolute Gasteiger partial charge is 0.358 e. The number of carbonyl (C=O) groups is 1. The van der Waals surface area contributed by atoms with Gasteiger partial charge in [0, 0.05) is 6.07 Å². The number of methoxy groups -OCH3 is 1. The van der Waals surface area contributed by atoms with Gasteiger partial charge in [0.15, 0.2) is 5.69 Å². The summed E-state index contributed by atoms with van der Waals surface area (Å²) < 4.78 is 4.43. The van der Waals surface area contributed by atoms with Crippen LogP contribution in [0.2, 0.25) is 0 Å². The Hall–Kier alpha value is -1.65. The third-order valence-electron chi connectivity index (χ3n) is 1.38. The van der Waals surface area contributed by atoms with Crippen molar-refractivity contribution in [3.63, 3.8) is 0 Å². The number of H-pyrrole nitrogens is 1. The normalized spacial score (nSPS) is 9.50. The number of ether oxygens (including phenoxy) is 1. The molecule has 0 atom stereocenters. The van der Waals surface area contributed by atoms with Crippen LogP contribution in [0.3, 0.4) is 0 Å². The highest BCUT2D eigenvalue weighted by Crippen LogP contribution is 1.99. The highest BCUT2D eigenvalue weighted by atomic mass is 16.5. The van der Waals surface area contributed by atoms with Gasteiger partial charge in [-0.1, -0.05) is 0 Å². The van der Waals surface area contributed by atoms with Crippen molar-refractivity contribution >= 4 is 5.97 Å². The van der Waals surface area contributed by atoms with Gasteiger partial charge in [-0.05, 0) is 12.5 Å². The van der Waals surface area contributed by atoms with E-state index in [1.807, 2.05) is 0 Å². The van der Waals surface area contributed by atoms with Crippen molar-refractivity contribution in [3.05, 3.63) is 27.7 Å². The Kier molecular flexibility index (Phi) is 2.23. The molecule has 0 aliphatic heterocycles. The molecule has 5 nitrogen and oxygen atoms in total. The molecule has 0 aromatic carbocycles. The Morgan fingerprint density at radius 3 is 2.83 bits per heavy atom. The summed E-state index contributed by atoms with van der Waals surface area (Å²) in [7, 11) is 1.26. The van der Waals surface area contributed by atoms with Crippen LogP contribution in [0.4, 0.5) is 0 Å². The summed E-state index contributed by atoms with van der Waals surface area (Å²) in [6, 6.07) is 1.29. The lowest BCUT2D eigenvalue weighted by Gasteiger charge is -1.99. The number of esters is 1. The Balaban J connectivity index is 3.18.